The highest BCUT2D eigenvalue weighted by molar-refractivity contribution is 7.30. The normalized spacial score (nSPS) is 17.9. The first-order valence-electron chi connectivity index (χ1n) is 2.81. The minimum Gasteiger partial charge on any atom is -0.377 e. The Morgan fingerprint density at radius 2 is 1.20 bits per heavy atom. The predicted octanol–water partition coefficient (Wildman–Crippen LogP) is -0.606. The Morgan fingerprint density at radius 3 is 1.30 bits per heavy atom. The van der Waals surface area contributed by atoms with E-state index in [-0.39, 0.29) is 0 Å². The van der Waals surface area contributed by atoms with Crippen molar-refractivity contribution in [3.8, 4) is 0 Å². The van der Waals surface area contributed by atoms with Gasteiger partial charge in [0.2, 0.25) is 0 Å². The summed E-state index contributed by atoms with van der Waals surface area (Å²) in [6, 6.07) is 0. The van der Waals surface area contributed by atoms with Gasteiger partial charge < -0.3 is 19.3 Å². The van der Waals surface area contributed by atoms with Gasteiger partial charge in [0.1, 0.15) is 0 Å². The number of ether oxygens (including phenoxy) is 2. The summed E-state index contributed by atoms with van der Waals surface area (Å²) in [7, 11) is -3.13. The molecule has 0 aromatic heterocycles. The predicted molar refractivity (Wildman–Crippen MR) is 35.1 cm³/mol. The van der Waals surface area contributed by atoms with Crippen molar-refractivity contribution in [1.82, 2.24) is 0 Å². The van der Waals surface area contributed by atoms with Gasteiger partial charge in [-0.15, -0.1) is 0 Å². The lowest BCUT2D eigenvalue weighted by Gasteiger charge is -2.09. The van der Waals surface area contributed by atoms with Crippen molar-refractivity contribution >= 4 is 8.25 Å². The van der Waals surface area contributed by atoms with E-state index in [1.54, 1.807) is 0 Å². The molecule has 0 aromatic rings. The highest BCUT2D eigenvalue weighted by Gasteiger charge is 1.94. The largest absolute Gasteiger partial charge is 0.377 e. The Morgan fingerprint density at radius 1 is 1.00 bits per heavy atom. The zero-order valence-corrected chi connectivity index (χ0v) is 6.45. The average molecular weight is 170 g/mol. The van der Waals surface area contributed by atoms with Gasteiger partial charge in [0.05, 0.1) is 26.4 Å². The molecule has 0 amide bonds. The molecule has 0 aromatic carbocycles. The van der Waals surface area contributed by atoms with Gasteiger partial charge in [-0.2, -0.15) is 0 Å². The van der Waals surface area contributed by atoms with Crippen molar-refractivity contribution in [2.24, 2.45) is 0 Å². The Kier molecular flexibility index (Phi) is 7.23. The van der Waals surface area contributed by atoms with Crippen LogP contribution in [0.1, 0.15) is 0 Å². The van der Waals surface area contributed by atoms with Gasteiger partial charge in [-0.1, -0.05) is 0 Å². The first-order valence-corrected chi connectivity index (χ1v) is 4.11. The fourth-order valence-corrected chi connectivity index (χ4v) is 0.440. The van der Waals surface area contributed by atoms with Gasteiger partial charge in [-0.3, -0.25) is 4.57 Å². The van der Waals surface area contributed by atoms with E-state index in [0.29, 0.717) is 0 Å². The molecular formula is C4H11O5P. The highest BCUT2D eigenvalue weighted by Crippen LogP contribution is 1.98. The van der Waals surface area contributed by atoms with E-state index in [0.717, 1.165) is 26.4 Å². The van der Waals surface area contributed by atoms with Crippen LogP contribution >= 0.6 is 8.25 Å². The van der Waals surface area contributed by atoms with Crippen molar-refractivity contribution in [3.05, 3.63) is 0 Å². The molecule has 0 saturated carbocycles. The Labute approximate surface area is 59.5 Å². The molecule has 0 unspecified atom stereocenters. The highest BCUT2D eigenvalue weighted by atomic mass is 31.1. The fraction of sp³-hybridized carbons (Fsp3) is 1.00. The van der Waals surface area contributed by atoms with Crippen molar-refractivity contribution < 1.29 is 23.8 Å². The first kappa shape index (κ1) is 10.1. The van der Waals surface area contributed by atoms with Crippen molar-refractivity contribution in [1.29, 1.82) is 0 Å². The lowest BCUT2D eigenvalue weighted by Crippen LogP contribution is -2.16. The van der Waals surface area contributed by atoms with Crippen LogP contribution in [-0.2, 0) is 14.0 Å². The van der Waals surface area contributed by atoms with Crippen LogP contribution in [0.3, 0.4) is 0 Å². The van der Waals surface area contributed by atoms with Crippen molar-refractivity contribution in [2.45, 2.75) is 0 Å². The van der Waals surface area contributed by atoms with Gasteiger partial charge >= 0.3 is 8.25 Å². The van der Waals surface area contributed by atoms with Crippen molar-refractivity contribution in [2.75, 3.05) is 26.4 Å². The molecule has 0 bridgehead atoms. The molecule has 1 aliphatic rings. The maximum absolute atomic E-state index is 8.74. The summed E-state index contributed by atoms with van der Waals surface area (Å²) in [6.45, 7) is 3.11. The molecular weight excluding hydrogens is 159 g/mol. The summed E-state index contributed by atoms with van der Waals surface area (Å²) in [5.74, 6) is 0. The first-order chi connectivity index (χ1) is 4.73. The van der Waals surface area contributed by atoms with E-state index in [1.165, 1.54) is 0 Å². The molecule has 1 heterocycles. The van der Waals surface area contributed by atoms with Crippen LogP contribution in [0.25, 0.3) is 0 Å². The Bertz CT molecular complexity index is 76.1. The third kappa shape index (κ3) is 10.9. The second-order valence-corrected chi connectivity index (χ2v) is 2.07. The standard InChI is InChI=1S/C4H8O2.H3O3P/c1-2-6-4-3-5-1;1-4(2)3/h1-4H2;4H,(H2,1,2,3). The van der Waals surface area contributed by atoms with E-state index in [1.807, 2.05) is 0 Å². The van der Waals surface area contributed by atoms with E-state index >= 15 is 0 Å². The van der Waals surface area contributed by atoms with Crippen LogP contribution in [0.15, 0.2) is 0 Å². The Balaban J connectivity index is 0.000000180. The fourth-order valence-electron chi connectivity index (χ4n) is 0.440. The van der Waals surface area contributed by atoms with E-state index in [9.17, 15) is 0 Å². The quantitative estimate of drug-likeness (QED) is 0.474. The lowest BCUT2D eigenvalue weighted by atomic mass is 10.6. The van der Waals surface area contributed by atoms with Gasteiger partial charge in [-0.05, 0) is 0 Å². The molecule has 0 aliphatic carbocycles. The minimum absolute atomic E-state index is 0.778. The molecule has 0 spiro atoms. The molecule has 0 radical (unpaired) electrons. The summed E-state index contributed by atoms with van der Waals surface area (Å²) >= 11 is 0. The molecule has 62 valence electrons. The summed E-state index contributed by atoms with van der Waals surface area (Å²) in [4.78, 5) is 14.3. The maximum atomic E-state index is 8.74. The molecule has 1 rings (SSSR count). The molecule has 1 fully saturated rings. The van der Waals surface area contributed by atoms with E-state index in [4.69, 9.17) is 23.8 Å². The van der Waals surface area contributed by atoms with Crippen LogP contribution in [0.4, 0.5) is 0 Å². The maximum Gasteiger partial charge on any atom is 0.314 e. The minimum atomic E-state index is -3.13. The summed E-state index contributed by atoms with van der Waals surface area (Å²) in [5, 5.41) is 0. The van der Waals surface area contributed by atoms with Crippen LogP contribution in [0.2, 0.25) is 0 Å². The molecule has 0 atom stereocenters. The molecule has 5 nitrogen and oxygen atoms in total. The summed E-state index contributed by atoms with van der Waals surface area (Å²) in [5.41, 5.74) is 0. The van der Waals surface area contributed by atoms with E-state index in [2.05, 4.69) is 0 Å². The van der Waals surface area contributed by atoms with Gasteiger partial charge in [-0.25, -0.2) is 0 Å². The second-order valence-electron chi connectivity index (χ2n) is 1.51. The lowest BCUT2D eigenvalue weighted by molar-refractivity contribution is -0.0334. The molecule has 1 saturated heterocycles. The summed E-state index contributed by atoms with van der Waals surface area (Å²) in [6.07, 6.45) is 0. The second kappa shape index (κ2) is 7.18. The third-order valence-corrected chi connectivity index (χ3v) is 0.744. The smallest absolute Gasteiger partial charge is 0.314 e. The third-order valence-electron chi connectivity index (χ3n) is 0.744. The Hall–Kier alpha value is 0.0700. The van der Waals surface area contributed by atoms with Crippen LogP contribution in [0.5, 0.6) is 0 Å². The topological polar surface area (TPSA) is 76.0 Å². The number of hydrogen-bond acceptors (Lipinski definition) is 3. The van der Waals surface area contributed by atoms with Gasteiger partial charge in [0.25, 0.3) is 0 Å². The van der Waals surface area contributed by atoms with Crippen molar-refractivity contribution in [3.63, 3.8) is 0 Å². The van der Waals surface area contributed by atoms with Crippen LogP contribution < -0.4 is 0 Å². The number of rotatable bonds is 0. The van der Waals surface area contributed by atoms with E-state index < -0.39 is 8.25 Å². The van der Waals surface area contributed by atoms with Crippen LogP contribution in [0, 0.1) is 0 Å². The SMILES string of the molecule is C1COCCO1.O=[PH](O)O. The van der Waals surface area contributed by atoms with Gasteiger partial charge in [0.15, 0.2) is 0 Å². The molecule has 2 N–H and O–H groups in total. The molecule has 6 heteroatoms. The zero-order chi connectivity index (χ0) is 7.82. The van der Waals surface area contributed by atoms with Gasteiger partial charge in [0, 0.05) is 0 Å². The monoisotopic (exact) mass is 170 g/mol. The molecule has 1 aliphatic heterocycles. The average Bonchev–Trinajstić information content (AvgIpc) is 1.90. The summed E-state index contributed by atoms with van der Waals surface area (Å²) < 4.78 is 18.6. The number of hydrogen-bond donors (Lipinski definition) is 2. The molecule has 10 heavy (non-hydrogen) atoms. The van der Waals surface area contributed by atoms with Crippen LogP contribution in [-0.4, -0.2) is 36.2 Å². The zero-order valence-electron chi connectivity index (χ0n) is 5.45.